The zero-order valence-corrected chi connectivity index (χ0v) is 14.0. The van der Waals surface area contributed by atoms with Crippen molar-refractivity contribution in [1.82, 2.24) is 0 Å². The number of rotatable bonds is 7. The van der Waals surface area contributed by atoms with Crippen LogP contribution in [0, 0.1) is 17.8 Å². The predicted octanol–water partition coefficient (Wildman–Crippen LogP) is 4.89. The molecule has 0 saturated carbocycles. The minimum absolute atomic E-state index is 0.319. The maximum absolute atomic E-state index is 9.28. The Bertz CT molecular complexity index is 506. The summed E-state index contributed by atoms with van der Waals surface area (Å²) in [6.07, 6.45) is 12.2. The molecule has 1 aromatic rings. The Labute approximate surface area is 136 Å². The molecule has 1 aliphatic rings. The normalized spacial score (nSPS) is 16.7. The van der Waals surface area contributed by atoms with Gasteiger partial charge in [0.2, 0.25) is 0 Å². The Morgan fingerprint density at radius 2 is 1.91 bits per heavy atom. The first-order valence-corrected chi connectivity index (χ1v) is 9.05. The van der Waals surface area contributed by atoms with E-state index < -0.39 is 0 Å². The summed E-state index contributed by atoms with van der Waals surface area (Å²) in [6.45, 7) is 2.58. The number of hydrogen-bond donors (Lipinski definition) is 1. The van der Waals surface area contributed by atoms with Crippen LogP contribution in [0.5, 0.6) is 0 Å². The van der Waals surface area contributed by atoms with E-state index in [1.165, 1.54) is 49.7 Å². The molecule has 0 fully saturated rings. The van der Waals surface area contributed by atoms with Crippen molar-refractivity contribution in [2.45, 2.75) is 71.1 Å². The van der Waals surface area contributed by atoms with Crippen molar-refractivity contribution in [3.05, 3.63) is 34.9 Å². The molecule has 0 saturated heterocycles. The van der Waals surface area contributed by atoms with E-state index in [4.69, 9.17) is 0 Å². The lowest BCUT2D eigenvalue weighted by molar-refractivity contribution is 0.213. The molecule has 22 heavy (non-hydrogen) atoms. The average Bonchev–Trinajstić information content (AvgIpc) is 2.56. The van der Waals surface area contributed by atoms with Crippen LogP contribution >= 0.6 is 0 Å². The summed E-state index contributed by atoms with van der Waals surface area (Å²) >= 11 is 0. The highest BCUT2D eigenvalue weighted by atomic mass is 16.3. The molecule has 1 nitrogen and oxygen atoms in total. The van der Waals surface area contributed by atoms with Gasteiger partial charge in [0.15, 0.2) is 0 Å². The van der Waals surface area contributed by atoms with Gasteiger partial charge in [-0.3, -0.25) is 0 Å². The summed E-state index contributed by atoms with van der Waals surface area (Å²) < 4.78 is 0. The maximum Gasteiger partial charge on any atom is 0.0462 e. The van der Waals surface area contributed by atoms with Crippen LogP contribution in [0.4, 0.5) is 0 Å². The predicted molar refractivity (Wildman–Crippen MR) is 93.9 cm³/mol. The Morgan fingerprint density at radius 3 is 2.73 bits per heavy atom. The highest BCUT2D eigenvalue weighted by Gasteiger charge is 2.17. The van der Waals surface area contributed by atoms with Gasteiger partial charge in [-0.1, -0.05) is 56.9 Å². The fraction of sp³-hybridized carbons (Fsp3) is 0.619. The van der Waals surface area contributed by atoms with E-state index >= 15 is 0 Å². The third kappa shape index (κ3) is 5.50. The summed E-state index contributed by atoms with van der Waals surface area (Å²) in [5, 5.41) is 9.28. The maximum atomic E-state index is 9.28. The lowest BCUT2D eigenvalue weighted by Crippen LogP contribution is -2.17. The fourth-order valence-electron chi connectivity index (χ4n) is 3.22. The summed E-state index contributed by atoms with van der Waals surface area (Å²) in [6, 6.07) is 6.62. The number of fused-ring (bicyclic) bond motifs is 1. The second-order valence-corrected chi connectivity index (χ2v) is 6.59. The minimum Gasteiger partial charge on any atom is -0.396 e. The van der Waals surface area contributed by atoms with Crippen LogP contribution < -0.4 is 0 Å². The number of aliphatic hydroxyl groups excluding tert-OH is 1. The fourth-order valence-corrected chi connectivity index (χ4v) is 3.22. The van der Waals surface area contributed by atoms with Crippen molar-refractivity contribution in [3.8, 4) is 11.8 Å². The van der Waals surface area contributed by atoms with Crippen LogP contribution in [0.25, 0.3) is 0 Å². The molecule has 0 heterocycles. The van der Waals surface area contributed by atoms with Crippen LogP contribution in [0.15, 0.2) is 18.2 Å². The third-order valence-corrected chi connectivity index (χ3v) is 4.68. The minimum atomic E-state index is 0.319. The quantitative estimate of drug-likeness (QED) is 0.561. The number of benzene rings is 1. The molecule has 120 valence electrons. The van der Waals surface area contributed by atoms with Crippen LogP contribution in [-0.4, -0.2) is 11.7 Å². The van der Waals surface area contributed by atoms with Crippen LogP contribution in [0.1, 0.15) is 75.0 Å². The Kier molecular flexibility index (Phi) is 7.54. The number of hydrogen-bond acceptors (Lipinski definition) is 1. The Balaban J connectivity index is 1.76. The molecule has 0 spiro atoms. The molecule has 1 unspecified atom stereocenters. The zero-order chi connectivity index (χ0) is 15.6. The molecule has 0 aliphatic heterocycles. The molecule has 1 heteroatoms. The van der Waals surface area contributed by atoms with Gasteiger partial charge in [0.1, 0.15) is 0 Å². The SMILES string of the molecule is CCCCCCCCC#Cc1ccc2c(c1)CCC(CO)C2. The first-order valence-electron chi connectivity index (χ1n) is 9.05. The van der Waals surface area contributed by atoms with Crippen LogP contribution in [0.3, 0.4) is 0 Å². The topological polar surface area (TPSA) is 20.2 Å². The van der Waals surface area contributed by atoms with E-state index in [1.807, 2.05) is 0 Å². The number of unbranched alkanes of at least 4 members (excludes halogenated alkanes) is 6. The van der Waals surface area contributed by atoms with Crippen LogP contribution in [0.2, 0.25) is 0 Å². The van der Waals surface area contributed by atoms with Gasteiger partial charge in [-0.25, -0.2) is 0 Å². The standard InChI is InChI=1S/C21H30O/c1-2-3-4-5-6-7-8-9-10-18-11-13-21-16-19(17-22)12-14-20(21)15-18/h11,13,15,19,22H,2-8,12,14,16-17H2,1H3. The second-order valence-electron chi connectivity index (χ2n) is 6.59. The lowest BCUT2D eigenvalue weighted by atomic mass is 9.83. The molecule has 0 amide bonds. The molecule has 1 N–H and O–H groups in total. The molecule has 1 atom stereocenters. The molecular formula is C21H30O. The Hall–Kier alpha value is -1.26. The highest BCUT2D eigenvalue weighted by molar-refractivity contribution is 5.42. The van der Waals surface area contributed by atoms with Crippen molar-refractivity contribution in [1.29, 1.82) is 0 Å². The van der Waals surface area contributed by atoms with E-state index in [9.17, 15) is 5.11 Å². The van der Waals surface area contributed by atoms with Crippen molar-refractivity contribution in [3.63, 3.8) is 0 Å². The lowest BCUT2D eigenvalue weighted by Gasteiger charge is -2.22. The molecule has 2 rings (SSSR count). The van der Waals surface area contributed by atoms with Crippen molar-refractivity contribution < 1.29 is 5.11 Å². The summed E-state index contributed by atoms with van der Waals surface area (Å²) in [4.78, 5) is 0. The molecule has 0 bridgehead atoms. The smallest absolute Gasteiger partial charge is 0.0462 e. The first kappa shape index (κ1) is 17.1. The molecule has 0 radical (unpaired) electrons. The van der Waals surface area contributed by atoms with Gasteiger partial charge in [-0.15, -0.1) is 0 Å². The highest BCUT2D eigenvalue weighted by Crippen LogP contribution is 2.26. The van der Waals surface area contributed by atoms with Gasteiger partial charge in [0.05, 0.1) is 0 Å². The molecular weight excluding hydrogens is 268 g/mol. The van der Waals surface area contributed by atoms with E-state index in [-0.39, 0.29) is 0 Å². The number of aryl methyl sites for hydroxylation is 1. The van der Waals surface area contributed by atoms with Crippen molar-refractivity contribution in [2.24, 2.45) is 5.92 Å². The zero-order valence-electron chi connectivity index (χ0n) is 14.0. The summed E-state index contributed by atoms with van der Waals surface area (Å²) in [5.41, 5.74) is 4.01. The van der Waals surface area contributed by atoms with E-state index in [2.05, 4.69) is 37.0 Å². The summed E-state index contributed by atoms with van der Waals surface area (Å²) in [7, 11) is 0. The van der Waals surface area contributed by atoms with Gasteiger partial charge < -0.3 is 5.11 Å². The average molecular weight is 298 g/mol. The van der Waals surface area contributed by atoms with Gasteiger partial charge >= 0.3 is 0 Å². The molecule has 1 aliphatic carbocycles. The van der Waals surface area contributed by atoms with Gasteiger partial charge in [-0.2, -0.15) is 0 Å². The Morgan fingerprint density at radius 1 is 1.09 bits per heavy atom. The number of aliphatic hydroxyl groups is 1. The van der Waals surface area contributed by atoms with Crippen LogP contribution in [-0.2, 0) is 12.8 Å². The second kappa shape index (κ2) is 9.70. The van der Waals surface area contributed by atoms with E-state index in [0.29, 0.717) is 12.5 Å². The van der Waals surface area contributed by atoms with Gasteiger partial charge in [-0.05, 0) is 54.9 Å². The largest absolute Gasteiger partial charge is 0.396 e. The van der Waals surface area contributed by atoms with Gasteiger partial charge in [0, 0.05) is 18.6 Å². The first-order chi connectivity index (χ1) is 10.8. The van der Waals surface area contributed by atoms with E-state index in [0.717, 1.165) is 31.2 Å². The van der Waals surface area contributed by atoms with Crippen molar-refractivity contribution >= 4 is 0 Å². The molecule has 1 aromatic carbocycles. The summed E-state index contributed by atoms with van der Waals surface area (Å²) in [5.74, 6) is 7.11. The molecule has 0 aromatic heterocycles. The van der Waals surface area contributed by atoms with Crippen molar-refractivity contribution in [2.75, 3.05) is 6.61 Å². The monoisotopic (exact) mass is 298 g/mol. The van der Waals surface area contributed by atoms with Gasteiger partial charge in [0.25, 0.3) is 0 Å². The third-order valence-electron chi connectivity index (χ3n) is 4.68. The van der Waals surface area contributed by atoms with E-state index in [1.54, 1.807) is 0 Å².